The molecule has 0 spiro atoms. The minimum atomic E-state index is -1.42. The number of nitrogens with one attached hydrogen (secondary N) is 12. The number of thioether (sulfide) groups is 1. The summed E-state index contributed by atoms with van der Waals surface area (Å²) in [6, 6.07) is -4.51. The van der Waals surface area contributed by atoms with Gasteiger partial charge in [0.05, 0.1) is 19.4 Å². The molecule has 0 radical (unpaired) electrons. The number of unbranched alkanes of at least 4 members (excludes halogenated alkanes) is 1. The quantitative estimate of drug-likeness (QED) is 0.0204. The number of primary amides is 1. The Morgan fingerprint density at radius 1 is 0.688 bits per heavy atom. The molecule has 0 bridgehead atoms. The fourth-order valence-corrected chi connectivity index (χ4v) is 9.83. The number of likely N-dealkylation sites (N-methyl/N-ethyl adjacent to an activating group) is 1. The first-order valence-corrected chi connectivity index (χ1v) is 33.7. The number of benzene rings is 1. The molecule has 0 saturated carbocycles. The molecular formula is C60H92N17O16S2Tc+. The molecule has 33 nitrogen and oxygen atoms in total. The van der Waals surface area contributed by atoms with Crippen molar-refractivity contribution in [2.45, 2.75) is 147 Å². The van der Waals surface area contributed by atoms with Crippen LogP contribution < -0.4 is 58.9 Å². The maximum absolute atomic E-state index is 14.3. The Balaban J connectivity index is 0.0000155. The van der Waals surface area contributed by atoms with Gasteiger partial charge >= 0.3 is 28.3 Å². The number of aromatic amines is 2. The number of hydrogen-bond acceptors (Lipinski definition) is 19. The molecule has 0 aliphatic heterocycles. The van der Waals surface area contributed by atoms with Gasteiger partial charge in [-0.15, -0.1) is 6.54 Å². The second kappa shape index (κ2) is 45.5. The number of aromatic nitrogens is 3. The van der Waals surface area contributed by atoms with Crippen molar-refractivity contribution >= 4 is 112 Å². The van der Waals surface area contributed by atoms with E-state index in [0.717, 1.165) is 18.9 Å². The minimum absolute atomic E-state index is 0.0710. The first-order valence-electron chi connectivity index (χ1n) is 30.9. The van der Waals surface area contributed by atoms with Crippen molar-refractivity contribution in [2.75, 3.05) is 71.2 Å². The predicted octanol–water partition coefficient (Wildman–Crippen LogP) is -2.60. The maximum atomic E-state index is 14.3. The van der Waals surface area contributed by atoms with Crippen molar-refractivity contribution < 1.29 is 94.9 Å². The van der Waals surface area contributed by atoms with E-state index in [1.165, 1.54) is 31.2 Å². The van der Waals surface area contributed by atoms with E-state index in [-0.39, 0.29) is 82.5 Å². The molecular weight excluding hydrogens is 1380 g/mol. The monoisotopic (exact) mass is 1470 g/mol. The number of carbonyl (C=O) groups is 13. The zero-order chi connectivity index (χ0) is 72.0. The topological polar surface area (TPSA) is 502 Å². The Morgan fingerprint density at radius 3 is 1.92 bits per heavy atom. The molecule has 2 heterocycles. The van der Waals surface area contributed by atoms with Gasteiger partial charge in [-0.05, 0) is 95.1 Å². The summed E-state index contributed by atoms with van der Waals surface area (Å²) >= 11 is 7.29. The van der Waals surface area contributed by atoms with Gasteiger partial charge < -0.3 is 112 Å². The molecule has 16 N–H and O–H groups in total. The zero-order valence-corrected chi connectivity index (χ0v) is 58.6. The van der Waals surface area contributed by atoms with Gasteiger partial charge in [-0.3, -0.25) is 52.7 Å². The van der Waals surface area contributed by atoms with Crippen LogP contribution in [-0.2, 0) is 110 Å². The number of carbonyl (C=O) groups excluding carboxylic acids is 12. The number of aliphatic hydroxyl groups is 1. The third-order valence-corrected chi connectivity index (χ3v) is 15.3. The van der Waals surface area contributed by atoms with E-state index in [1.54, 1.807) is 50.6 Å². The number of carboxylic acids is 1. The van der Waals surface area contributed by atoms with Crippen molar-refractivity contribution in [2.24, 2.45) is 17.6 Å². The third kappa shape index (κ3) is 31.8. The van der Waals surface area contributed by atoms with E-state index in [4.69, 9.17) is 21.9 Å². The molecule has 1 aromatic carbocycles. The summed E-state index contributed by atoms with van der Waals surface area (Å²) in [5.74, 6) is -11.1. The molecule has 12 amide bonds. The van der Waals surface area contributed by atoms with Crippen molar-refractivity contribution in [3.8, 4) is 0 Å². The van der Waals surface area contributed by atoms with Crippen LogP contribution in [0.5, 0.6) is 0 Å². The average Bonchev–Trinajstić information content (AvgIpc) is 1.44. The molecule has 0 unspecified atom stereocenters. The summed E-state index contributed by atoms with van der Waals surface area (Å²) < 4.78 is 8.22. The number of amides is 12. The Bertz CT molecular complexity index is 3030. The van der Waals surface area contributed by atoms with E-state index in [2.05, 4.69) is 78.8 Å². The molecule has 531 valence electrons. The molecule has 0 fully saturated rings. The molecule has 2 aromatic heterocycles. The molecule has 0 aliphatic carbocycles. The number of rotatable bonds is 45. The second-order valence-corrected chi connectivity index (χ2v) is 24.6. The van der Waals surface area contributed by atoms with Gasteiger partial charge in [0.2, 0.25) is 65.0 Å². The molecule has 3 aromatic rings. The van der Waals surface area contributed by atoms with E-state index in [1.807, 2.05) is 32.8 Å². The number of para-hydroxylation sites is 1. The van der Waals surface area contributed by atoms with E-state index < -0.39 is 157 Å². The number of aliphatic hydroxyl groups excluding tert-OH is 1. The van der Waals surface area contributed by atoms with Crippen LogP contribution in [0.15, 0.2) is 43.0 Å². The third-order valence-electron chi connectivity index (χ3n) is 14.4. The number of carboxylic acid groups (broad SMARTS) is 1. The van der Waals surface area contributed by atoms with Crippen LogP contribution in [0.1, 0.15) is 90.8 Å². The van der Waals surface area contributed by atoms with Gasteiger partial charge in [-0.1, -0.05) is 58.0 Å². The summed E-state index contributed by atoms with van der Waals surface area (Å²) in [5, 5.41) is 53.6. The number of hydrogen-bond donors (Lipinski definition) is 15. The standard InChI is InChI=1S/C60H94N17O15S2.O.Tc/c1-33(2)23-42(56(87)72-41(60(91)92)18-22-94-8)73-57(88)44(25-37-27-62-32-68-37)71-50(82)29-67-59(90)51(34(3)4)76-52(83)35(5)69-55(86)43(24-36-26-65-39-14-10-9-13-38(36)39)74-54(85)40(16-17-47(61)79)70-48(80)15-11-12-19-64-49(81)28-66-53(84)46(31-93)75-58(89)45(30-78)63-20-21-77(6)7;;/h9-10,13-14,26-27,32-35,40-46,51,65,78H,11-12,15-25,28-31H2,1-8H3,(H16,61,62,64,66,67,68,69,70,71,72,73,74,75,76,79,80,81,82,83,84,85,86,87,88,89,90,91,92,93);;/q-1;;+4/p-2/t35-,40-,41-,42-,43-,44-,45-,46-,51-;;/m0../s1. The molecule has 9 atom stereocenters. The fraction of sp³-hybridized carbons (Fsp3) is 0.600. The van der Waals surface area contributed by atoms with Crippen LogP contribution in [0, 0.1) is 11.8 Å². The molecule has 0 saturated heterocycles. The summed E-state index contributed by atoms with van der Waals surface area (Å²) in [5.41, 5.74) is 7.17. The van der Waals surface area contributed by atoms with Gasteiger partial charge in [0, 0.05) is 73.7 Å². The summed E-state index contributed by atoms with van der Waals surface area (Å²) in [4.78, 5) is 184. The SMILES string of the molecule is CSCC[C@H](NC(=O)[C@H](CC(C)C)NC(=O)[C@H](Cc1cnc[nH]1)NC(=O)CNC(=O)[C@@H](NC(=O)[C@H](C)NC(=O)[C@H](Cc1c[nH]c2ccccc12)NC(=O)[C@H](CCC(N)=O)NC(=O)CCCCNC(=O)CNC(=O)[C@H](C[S-])[N-]C(=O)[C@H](CO)[N-]CCN(C)C)C(C)C)C(=O)O.[O]=[Tc+4]. The normalized spacial score (nSPS) is 13.9. The number of H-pyrrole nitrogens is 2. The molecule has 3 rings (SSSR count). The number of fused-ring (bicyclic) bond motifs is 1. The Labute approximate surface area is 577 Å². The zero-order valence-electron chi connectivity index (χ0n) is 55.1. The first kappa shape index (κ1) is 84.2. The average molecular weight is 1470 g/mol. The van der Waals surface area contributed by atoms with Crippen LogP contribution in [0.4, 0.5) is 0 Å². The van der Waals surface area contributed by atoms with Gasteiger partial charge in [0.25, 0.3) is 0 Å². The number of aliphatic carboxylic acids is 1. The Morgan fingerprint density at radius 2 is 1.30 bits per heavy atom. The van der Waals surface area contributed by atoms with E-state index in [9.17, 15) is 72.5 Å². The number of nitrogens with zero attached hydrogens (tertiary/aromatic N) is 4. The van der Waals surface area contributed by atoms with Crippen LogP contribution in [0.3, 0.4) is 0 Å². The van der Waals surface area contributed by atoms with Gasteiger partial charge in [-0.2, -0.15) is 17.5 Å². The van der Waals surface area contributed by atoms with Crippen LogP contribution >= 0.6 is 11.8 Å². The van der Waals surface area contributed by atoms with Crippen LogP contribution in [0.2, 0.25) is 0 Å². The van der Waals surface area contributed by atoms with Gasteiger partial charge in [-0.25, -0.2) is 9.78 Å². The van der Waals surface area contributed by atoms with Crippen molar-refractivity contribution in [1.82, 2.24) is 73.0 Å². The van der Waals surface area contributed by atoms with Crippen LogP contribution in [-0.4, -0.2) is 232 Å². The predicted molar refractivity (Wildman–Crippen MR) is 352 cm³/mol. The first-order chi connectivity index (χ1) is 45.6. The van der Waals surface area contributed by atoms with Crippen molar-refractivity contribution in [1.29, 1.82) is 0 Å². The Hall–Kier alpha value is -7.89. The Kier molecular flexibility index (Phi) is 39.9. The van der Waals surface area contributed by atoms with Crippen LogP contribution in [0.25, 0.3) is 21.5 Å². The van der Waals surface area contributed by atoms with Gasteiger partial charge in [0.15, 0.2) is 0 Å². The summed E-state index contributed by atoms with van der Waals surface area (Å²) in [6.45, 7) is 7.23. The summed E-state index contributed by atoms with van der Waals surface area (Å²) in [6.07, 6.45) is 5.89. The summed E-state index contributed by atoms with van der Waals surface area (Å²) in [7, 11) is 3.62. The second-order valence-electron chi connectivity index (χ2n) is 23.3. The molecule has 36 heteroatoms. The number of nitrogens with two attached hydrogens (primary N) is 1. The number of imidazole rings is 1. The molecule has 96 heavy (non-hydrogen) atoms. The fourth-order valence-electron chi connectivity index (χ4n) is 9.13. The van der Waals surface area contributed by atoms with Gasteiger partial charge in [0.1, 0.15) is 42.3 Å². The van der Waals surface area contributed by atoms with Crippen molar-refractivity contribution in [3.63, 3.8) is 0 Å². The van der Waals surface area contributed by atoms with E-state index >= 15 is 0 Å². The van der Waals surface area contributed by atoms with Crippen molar-refractivity contribution in [3.05, 3.63) is 64.9 Å². The molecule has 0 aliphatic rings. The van der Waals surface area contributed by atoms with E-state index in [0.29, 0.717) is 34.5 Å².